The average Bonchev–Trinajstić information content (AvgIpc) is 2.89. The summed E-state index contributed by atoms with van der Waals surface area (Å²) in [6.07, 6.45) is 1.95. The molecule has 0 saturated heterocycles. The number of hydrogen-bond acceptors (Lipinski definition) is 2. The molecule has 3 heteroatoms. The summed E-state index contributed by atoms with van der Waals surface area (Å²) in [5.41, 5.74) is 4.02. The molecule has 1 unspecified atom stereocenters. The van der Waals surface area contributed by atoms with Gasteiger partial charge in [-0.1, -0.05) is 32.0 Å². The van der Waals surface area contributed by atoms with E-state index in [0.717, 1.165) is 27.0 Å². The summed E-state index contributed by atoms with van der Waals surface area (Å²) >= 11 is 1.27. The van der Waals surface area contributed by atoms with E-state index in [4.69, 9.17) is 5.48 Å². The van der Waals surface area contributed by atoms with Crippen LogP contribution in [0, 0.1) is 6.92 Å². The fourth-order valence-electron chi connectivity index (χ4n) is 2.30. The lowest BCUT2D eigenvalue weighted by atomic mass is 10.0. The number of pyridine rings is 1. The van der Waals surface area contributed by atoms with Gasteiger partial charge in [-0.05, 0) is 18.6 Å². The largest absolute Gasteiger partial charge is 0.240 e. The average molecular weight is 287 g/mol. The van der Waals surface area contributed by atoms with Gasteiger partial charge < -0.3 is 0 Å². The molecule has 3 aromatic rings. The third-order valence-corrected chi connectivity index (χ3v) is 4.51. The molecule has 3 rings (SSSR count). The maximum atomic E-state index is 8.24. The molecule has 2 nitrogen and oxygen atoms in total. The van der Waals surface area contributed by atoms with Gasteiger partial charge in [0.1, 0.15) is 11.7 Å². The normalized spacial score (nSPS) is 17.9. The summed E-state index contributed by atoms with van der Waals surface area (Å²) in [7, 11) is 1.96. The highest BCUT2D eigenvalue weighted by molar-refractivity contribution is 7.18. The lowest BCUT2D eigenvalue weighted by Gasteiger charge is -2.03. The van der Waals surface area contributed by atoms with Gasteiger partial charge in [0.2, 0.25) is 5.69 Å². The van der Waals surface area contributed by atoms with Crippen molar-refractivity contribution in [3.05, 3.63) is 47.1 Å². The first-order valence-corrected chi connectivity index (χ1v) is 7.29. The molecule has 0 aliphatic rings. The first-order chi connectivity index (χ1) is 11.1. The molecule has 2 aromatic heterocycles. The number of hydrogen-bond donors (Lipinski definition) is 0. The quantitative estimate of drug-likeness (QED) is 0.645. The maximum Gasteiger partial charge on any atom is 0.214 e. The first kappa shape index (κ1) is 9.24. The van der Waals surface area contributed by atoms with Crippen LogP contribution < -0.4 is 4.57 Å². The summed E-state index contributed by atoms with van der Waals surface area (Å²) in [6, 6.07) is 10.1. The molecule has 0 aliphatic heterocycles. The molecule has 1 aromatic carbocycles. The Kier molecular flexibility index (Phi) is 2.30. The van der Waals surface area contributed by atoms with Crippen molar-refractivity contribution in [2.24, 2.45) is 7.05 Å². The standard InChI is InChI=1S/C17H19N2S/c1-11(2)17-18-14-9-15(19(4)10-16(14)20-17)13-8-6-5-7-12(13)3/h5-11H,1-4H3/q+1/i1D3,11D. The summed E-state index contributed by atoms with van der Waals surface area (Å²) in [4.78, 5) is 4.47. The minimum Gasteiger partial charge on any atom is -0.240 e. The molecule has 1 atom stereocenters. The minimum absolute atomic E-state index is 0.319. The zero-order chi connectivity index (χ0) is 17.7. The van der Waals surface area contributed by atoms with Gasteiger partial charge >= 0.3 is 0 Å². The fraction of sp³-hybridized carbons (Fsp3) is 0.294. The fourth-order valence-corrected chi connectivity index (χ4v) is 3.23. The van der Waals surface area contributed by atoms with Crippen LogP contribution in [0.4, 0.5) is 0 Å². The minimum atomic E-state index is -2.41. The van der Waals surface area contributed by atoms with Crippen molar-refractivity contribution in [2.75, 3.05) is 0 Å². The number of fused-ring (bicyclic) bond motifs is 1. The van der Waals surface area contributed by atoms with Crippen molar-refractivity contribution < 1.29 is 10.1 Å². The van der Waals surface area contributed by atoms with E-state index in [0.29, 0.717) is 5.01 Å². The molecule has 0 fully saturated rings. The van der Waals surface area contributed by atoms with Crippen LogP contribution in [0.3, 0.4) is 0 Å². The van der Waals surface area contributed by atoms with E-state index >= 15 is 0 Å². The molecule has 0 radical (unpaired) electrons. The Morgan fingerprint density at radius 1 is 1.40 bits per heavy atom. The highest BCUT2D eigenvalue weighted by Gasteiger charge is 2.17. The Hall–Kier alpha value is -1.74. The van der Waals surface area contributed by atoms with Crippen LogP contribution in [-0.2, 0) is 7.05 Å². The highest BCUT2D eigenvalue weighted by atomic mass is 32.1. The van der Waals surface area contributed by atoms with Crippen molar-refractivity contribution in [1.29, 1.82) is 0 Å². The molecular formula is C17H19N2S+. The van der Waals surface area contributed by atoms with Crippen molar-refractivity contribution >= 4 is 21.6 Å². The third kappa shape index (κ3) is 2.22. The zero-order valence-corrected chi connectivity index (χ0v) is 12.6. The lowest BCUT2D eigenvalue weighted by molar-refractivity contribution is -0.659. The maximum absolute atomic E-state index is 8.24. The highest BCUT2D eigenvalue weighted by Crippen LogP contribution is 2.29. The Morgan fingerprint density at radius 2 is 2.20 bits per heavy atom. The van der Waals surface area contributed by atoms with Crippen molar-refractivity contribution in [3.8, 4) is 11.3 Å². The van der Waals surface area contributed by atoms with Gasteiger partial charge in [0.15, 0.2) is 6.20 Å². The zero-order valence-electron chi connectivity index (χ0n) is 15.8. The topological polar surface area (TPSA) is 16.8 Å². The van der Waals surface area contributed by atoms with E-state index in [2.05, 4.69) is 24.0 Å². The number of aromatic nitrogens is 2. The molecular weight excluding hydrogens is 264 g/mol. The van der Waals surface area contributed by atoms with Crippen LogP contribution in [0.5, 0.6) is 0 Å². The molecule has 102 valence electrons. The number of rotatable bonds is 2. The lowest BCUT2D eigenvalue weighted by Crippen LogP contribution is -2.30. The molecule has 0 N–H and O–H groups in total. The van der Waals surface area contributed by atoms with Crippen LogP contribution in [0.15, 0.2) is 36.5 Å². The van der Waals surface area contributed by atoms with E-state index in [1.54, 1.807) is 0 Å². The molecule has 0 amide bonds. The van der Waals surface area contributed by atoms with Crippen molar-refractivity contribution in [3.63, 3.8) is 0 Å². The van der Waals surface area contributed by atoms with E-state index in [1.807, 2.05) is 36.0 Å². The van der Waals surface area contributed by atoms with E-state index in [1.165, 1.54) is 18.3 Å². The molecule has 0 saturated carbocycles. The first-order valence-electron chi connectivity index (χ1n) is 8.48. The summed E-state index contributed by atoms with van der Waals surface area (Å²) in [5, 5.41) is 0.319. The Morgan fingerprint density at radius 3 is 2.95 bits per heavy atom. The van der Waals surface area contributed by atoms with Crippen LogP contribution >= 0.6 is 11.3 Å². The molecule has 0 spiro atoms. The van der Waals surface area contributed by atoms with Crippen LogP contribution in [0.25, 0.3) is 21.5 Å². The number of benzene rings is 1. The van der Waals surface area contributed by atoms with Gasteiger partial charge in [-0.25, -0.2) is 4.98 Å². The Labute approximate surface area is 129 Å². The smallest absolute Gasteiger partial charge is 0.214 e. The second-order valence-corrected chi connectivity index (χ2v) is 6.01. The number of thiazole rings is 1. The Bertz CT molecular complexity index is 913. The summed E-state index contributed by atoms with van der Waals surface area (Å²) < 4.78 is 33.9. The van der Waals surface area contributed by atoms with Crippen molar-refractivity contribution in [1.82, 2.24) is 4.98 Å². The number of nitrogens with zero attached hydrogens (tertiary/aromatic N) is 2. The molecule has 2 heterocycles. The van der Waals surface area contributed by atoms with Crippen LogP contribution in [0.1, 0.15) is 35.7 Å². The Balaban J connectivity index is 2.18. The third-order valence-electron chi connectivity index (χ3n) is 3.39. The SMILES string of the molecule is [2H]C([2H])([2H])C([2H])(C)c1nc2cc(-c3ccccc3C)[n+](C)cc2s1. The van der Waals surface area contributed by atoms with Crippen molar-refractivity contribution in [2.45, 2.75) is 26.6 Å². The number of aryl methyl sites for hydroxylation is 2. The monoisotopic (exact) mass is 287 g/mol. The second kappa shape index (κ2) is 4.98. The van der Waals surface area contributed by atoms with Gasteiger partial charge in [0.25, 0.3) is 0 Å². The van der Waals surface area contributed by atoms with Crippen LogP contribution in [-0.4, -0.2) is 4.98 Å². The predicted molar refractivity (Wildman–Crippen MR) is 85.1 cm³/mol. The predicted octanol–water partition coefficient (Wildman–Crippen LogP) is 4.22. The summed E-state index contributed by atoms with van der Waals surface area (Å²) in [5.74, 6) is -1.71. The van der Waals surface area contributed by atoms with Gasteiger partial charge in [-0.15, -0.1) is 11.3 Å². The van der Waals surface area contributed by atoms with E-state index in [9.17, 15) is 0 Å². The molecule has 0 bridgehead atoms. The van der Waals surface area contributed by atoms with E-state index < -0.39 is 12.7 Å². The van der Waals surface area contributed by atoms with Gasteiger partial charge in [-0.3, -0.25) is 0 Å². The van der Waals surface area contributed by atoms with Gasteiger partial charge in [0.05, 0.1) is 10.5 Å². The summed E-state index contributed by atoms with van der Waals surface area (Å²) in [6.45, 7) is 1.05. The van der Waals surface area contributed by atoms with E-state index in [-0.39, 0.29) is 0 Å². The molecule has 0 aliphatic carbocycles. The van der Waals surface area contributed by atoms with Gasteiger partial charge in [0, 0.05) is 23.0 Å². The molecule has 20 heavy (non-hydrogen) atoms. The second-order valence-electron chi connectivity index (χ2n) is 4.98. The van der Waals surface area contributed by atoms with Crippen LogP contribution in [0.2, 0.25) is 0 Å². The van der Waals surface area contributed by atoms with Gasteiger partial charge in [-0.2, -0.15) is 4.57 Å².